The van der Waals surface area contributed by atoms with Crippen LogP contribution in [0, 0.1) is 0 Å². The molecule has 0 heterocycles. The first kappa shape index (κ1) is 17.3. The van der Waals surface area contributed by atoms with Gasteiger partial charge in [0.15, 0.2) is 9.84 Å². The molecule has 1 rings (SSSR count). The zero-order valence-electron chi connectivity index (χ0n) is 12.1. The summed E-state index contributed by atoms with van der Waals surface area (Å²) in [4.78, 5) is 0.194. The Labute approximate surface area is 127 Å². The first-order valence-corrected chi connectivity index (χ1v) is 9.28. The number of hydrogen-bond acceptors (Lipinski definition) is 3. The minimum atomic E-state index is -3.29. The summed E-state index contributed by atoms with van der Waals surface area (Å²) in [5.74, 6) is 0.157. The maximum absolute atomic E-state index is 12.2. The Morgan fingerprint density at radius 2 is 1.65 bits per heavy atom. The molecule has 0 unspecified atom stereocenters. The van der Waals surface area contributed by atoms with E-state index in [9.17, 15) is 8.42 Å². The summed E-state index contributed by atoms with van der Waals surface area (Å²) in [7, 11) is -3.29. The van der Waals surface area contributed by atoms with Crippen molar-refractivity contribution in [3.8, 4) is 0 Å². The Hall–Kier alpha value is -0.740. The highest BCUT2D eigenvalue weighted by molar-refractivity contribution is 7.91. The molecule has 2 N–H and O–H groups in total. The van der Waals surface area contributed by atoms with E-state index in [-0.39, 0.29) is 15.7 Å². The molecule has 20 heavy (non-hydrogen) atoms. The lowest BCUT2D eigenvalue weighted by molar-refractivity contribution is 0.579. The van der Waals surface area contributed by atoms with Crippen molar-refractivity contribution in [2.45, 2.75) is 56.8 Å². The lowest BCUT2D eigenvalue weighted by atomic mass is 10.1. The number of sulfone groups is 1. The van der Waals surface area contributed by atoms with Gasteiger partial charge in [-0.1, -0.05) is 57.0 Å². The molecule has 1 aromatic rings. The normalized spacial score (nSPS) is 11.7. The SMILES string of the molecule is CCCCCCCCCS(=O)(=O)c1ccc(N)cc1Cl. The van der Waals surface area contributed by atoms with Crippen LogP contribution in [0.2, 0.25) is 5.02 Å². The summed E-state index contributed by atoms with van der Waals surface area (Å²) in [5.41, 5.74) is 6.05. The standard InChI is InChI=1S/C15H24ClNO2S/c1-2-3-4-5-6-7-8-11-20(18,19)15-10-9-13(17)12-14(15)16/h9-10,12H,2-8,11,17H2,1H3. The molecule has 114 valence electrons. The van der Waals surface area contributed by atoms with Gasteiger partial charge >= 0.3 is 0 Å². The van der Waals surface area contributed by atoms with Crippen molar-refractivity contribution in [3.05, 3.63) is 23.2 Å². The largest absolute Gasteiger partial charge is 0.399 e. The van der Waals surface area contributed by atoms with E-state index in [0.717, 1.165) is 12.8 Å². The summed E-state index contributed by atoms with van der Waals surface area (Å²) < 4.78 is 24.3. The number of benzene rings is 1. The van der Waals surface area contributed by atoms with Gasteiger partial charge in [0.1, 0.15) is 0 Å². The first-order valence-electron chi connectivity index (χ1n) is 7.25. The summed E-state index contributed by atoms with van der Waals surface area (Å²) in [5, 5.41) is 0.216. The number of unbranched alkanes of at least 4 members (excludes halogenated alkanes) is 6. The fourth-order valence-electron chi connectivity index (χ4n) is 2.13. The summed E-state index contributed by atoms with van der Waals surface area (Å²) in [6.07, 6.45) is 7.67. The highest BCUT2D eigenvalue weighted by atomic mass is 35.5. The fraction of sp³-hybridized carbons (Fsp3) is 0.600. The van der Waals surface area contributed by atoms with Gasteiger partial charge in [-0.15, -0.1) is 0 Å². The van der Waals surface area contributed by atoms with E-state index in [0.29, 0.717) is 12.1 Å². The zero-order chi connectivity index (χ0) is 15.0. The van der Waals surface area contributed by atoms with Crippen LogP contribution in [0.5, 0.6) is 0 Å². The molecular weight excluding hydrogens is 294 g/mol. The highest BCUT2D eigenvalue weighted by Gasteiger charge is 2.17. The molecule has 1 aromatic carbocycles. The van der Waals surface area contributed by atoms with E-state index in [1.54, 1.807) is 6.07 Å². The molecule has 0 atom stereocenters. The van der Waals surface area contributed by atoms with Crippen molar-refractivity contribution in [1.82, 2.24) is 0 Å². The minimum Gasteiger partial charge on any atom is -0.399 e. The molecule has 0 aliphatic carbocycles. The van der Waals surface area contributed by atoms with Gasteiger partial charge in [-0.2, -0.15) is 0 Å². The second-order valence-corrected chi connectivity index (χ2v) is 7.61. The molecule has 5 heteroatoms. The summed E-state index contributed by atoms with van der Waals surface area (Å²) >= 11 is 5.95. The number of nitrogens with two attached hydrogens (primary N) is 1. The third-order valence-electron chi connectivity index (χ3n) is 3.31. The molecular formula is C15H24ClNO2S. The van der Waals surface area contributed by atoms with Crippen LogP contribution in [-0.4, -0.2) is 14.2 Å². The molecule has 0 aliphatic heterocycles. The van der Waals surface area contributed by atoms with Crippen LogP contribution in [0.1, 0.15) is 51.9 Å². The average molecular weight is 318 g/mol. The zero-order valence-corrected chi connectivity index (χ0v) is 13.6. The number of halogens is 1. The van der Waals surface area contributed by atoms with Crippen molar-refractivity contribution in [2.75, 3.05) is 11.5 Å². The van der Waals surface area contributed by atoms with Gasteiger partial charge < -0.3 is 5.73 Å². The summed E-state index contributed by atoms with van der Waals surface area (Å²) in [6, 6.07) is 4.55. The second kappa shape index (κ2) is 8.53. The van der Waals surface area contributed by atoms with Crippen molar-refractivity contribution >= 4 is 27.1 Å². The summed E-state index contributed by atoms with van der Waals surface area (Å²) in [6.45, 7) is 2.18. The van der Waals surface area contributed by atoms with Crippen LogP contribution in [0.25, 0.3) is 0 Å². The quantitative estimate of drug-likeness (QED) is 0.541. The Bertz CT molecular complexity index is 515. The molecule has 0 saturated heterocycles. The van der Waals surface area contributed by atoms with Crippen molar-refractivity contribution in [3.63, 3.8) is 0 Å². The van der Waals surface area contributed by atoms with E-state index in [1.165, 1.54) is 37.8 Å². The van der Waals surface area contributed by atoms with Crippen molar-refractivity contribution in [2.24, 2.45) is 0 Å². The molecule has 0 bridgehead atoms. The van der Waals surface area contributed by atoms with Crippen molar-refractivity contribution in [1.29, 1.82) is 0 Å². The first-order chi connectivity index (χ1) is 9.47. The van der Waals surface area contributed by atoms with Crippen molar-refractivity contribution < 1.29 is 8.42 Å². The Morgan fingerprint density at radius 3 is 2.25 bits per heavy atom. The monoisotopic (exact) mass is 317 g/mol. The molecule has 0 fully saturated rings. The van der Waals surface area contributed by atoms with Gasteiger partial charge in [0.05, 0.1) is 15.7 Å². The average Bonchev–Trinajstić information content (AvgIpc) is 2.37. The van der Waals surface area contributed by atoms with Gasteiger partial charge in [-0.05, 0) is 24.6 Å². The molecule has 0 aliphatic rings. The van der Waals surface area contributed by atoms with Gasteiger partial charge in [0.2, 0.25) is 0 Å². The lowest BCUT2D eigenvalue weighted by Gasteiger charge is -2.07. The number of hydrogen-bond donors (Lipinski definition) is 1. The van der Waals surface area contributed by atoms with E-state index < -0.39 is 9.84 Å². The molecule has 0 radical (unpaired) electrons. The third-order valence-corrected chi connectivity index (χ3v) is 5.58. The predicted molar refractivity (Wildman–Crippen MR) is 85.9 cm³/mol. The van der Waals surface area contributed by atoms with Crippen LogP contribution in [0.4, 0.5) is 5.69 Å². The van der Waals surface area contributed by atoms with Crippen LogP contribution in [-0.2, 0) is 9.84 Å². The molecule has 0 saturated carbocycles. The topological polar surface area (TPSA) is 60.2 Å². The molecule has 0 aromatic heterocycles. The maximum atomic E-state index is 12.2. The van der Waals surface area contributed by atoms with Crippen LogP contribution >= 0.6 is 11.6 Å². The minimum absolute atomic E-state index is 0.157. The Kier molecular flexibility index (Phi) is 7.38. The fourth-order valence-corrected chi connectivity index (χ4v) is 4.11. The van der Waals surface area contributed by atoms with Crippen LogP contribution in [0.15, 0.2) is 23.1 Å². The molecule has 0 amide bonds. The number of anilines is 1. The lowest BCUT2D eigenvalue weighted by Crippen LogP contribution is -2.07. The van der Waals surface area contributed by atoms with Gasteiger partial charge in [0.25, 0.3) is 0 Å². The smallest absolute Gasteiger partial charge is 0.179 e. The second-order valence-electron chi connectivity index (χ2n) is 5.13. The Balaban J connectivity index is 2.42. The number of rotatable bonds is 9. The van der Waals surface area contributed by atoms with Crippen LogP contribution in [0.3, 0.4) is 0 Å². The Morgan fingerprint density at radius 1 is 1.05 bits per heavy atom. The maximum Gasteiger partial charge on any atom is 0.179 e. The van der Waals surface area contributed by atoms with Gasteiger partial charge in [-0.3, -0.25) is 0 Å². The third kappa shape index (κ3) is 5.71. The van der Waals surface area contributed by atoms with Gasteiger partial charge in [0, 0.05) is 5.69 Å². The molecule has 3 nitrogen and oxygen atoms in total. The van der Waals surface area contributed by atoms with E-state index in [2.05, 4.69) is 6.92 Å². The molecule has 0 spiro atoms. The highest BCUT2D eigenvalue weighted by Crippen LogP contribution is 2.25. The van der Waals surface area contributed by atoms with E-state index >= 15 is 0 Å². The predicted octanol–water partition coefficient (Wildman–Crippen LogP) is 4.45. The van der Waals surface area contributed by atoms with Gasteiger partial charge in [-0.25, -0.2) is 8.42 Å². The van der Waals surface area contributed by atoms with E-state index in [1.807, 2.05) is 0 Å². The van der Waals surface area contributed by atoms with E-state index in [4.69, 9.17) is 17.3 Å². The number of nitrogen functional groups attached to an aromatic ring is 1. The van der Waals surface area contributed by atoms with Crippen LogP contribution < -0.4 is 5.73 Å².